The lowest BCUT2D eigenvalue weighted by molar-refractivity contribution is 0.0198. The summed E-state index contributed by atoms with van der Waals surface area (Å²) in [4.78, 5) is 0. The third-order valence-electron chi connectivity index (χ3n) is 2.68. The van der Waals surface area contributed by atoms with Crippen LogP contribution in [0.3, 0.4) is 0 Å². The Morgan fingerprint density at radius 2 is 0.714 bits per heavy atom. The highest BCUT2D eigenvalue weighted by Crippen LogP contribution is 1.96. The predicted octanol–water partition coefficient (Wildman–Crippen LogP) is 1.52. The molecule has 21 heavy (non-hydrogen) atoms. The van der Waals surface area contributed by atoms with Gasteiger partial charge in [0.05, 0.1) is 52.9 Å². The van der Waals surface area contributed by atoms with Crippen LogP contribution in [0.4, 0.5) is 0 Å². The Bertz CT molecular complexity index is 162. The van der Waals surface area contributed by atoms with E-state index in [0.717, 1.165) is 32.5 Å². The van der Waals surface area contributed by atoms with Crippen molar-refractivity contribution in [1.82, 2.24) is 0 Å². The summed E-state index contributed by atoms with van der Waals surface area (Å²) in [6.45, 7) is 6.68. The predicted molar refractivity (Wildman–Crippen MR) is 80.9 cm³/mol. The lowest BCUT2D eigenvalue weighted by Crippen LogP contribution is -2.09. The maximum Gasteiger partial charge on any atom is 0.0701 e. The normalized spacial score (nSPS) is 11.1. The van der Waals surface area contributed by atoms with Crippen LogP contribution in [0.5, 0.6) is 0 Å². The lowest BCUT2D eigenvalue weighted by Gasteiger charge is -2.06. The highest BCUT2D eigenvalue weighted by atomic mass is 16.5. The molecule has 128 valence electrons. The van der Waals surface area contributed by atoms with Crippen molar-refractivity contribution in [3.63, 3.8) is 0 Å². The molecule has 0 aliphatic rings. The zero-order valence-corrected chi connectivity index (χ0v) is 13.6. The van der Waals surface area contributed by atoms with E-state index in [1.54, 1.807) is 14.2 Å². The second-order valence-electron chi connectivity index (χ2n) is 4.50. The zero-order valence-electron chi connectivity index (χ0n) is 13.6. The summed E-state index contributed by atoms with van der Waals surface area (Å²) in [5.41, 5.74) is 0. The minimum Gasteiger partial charge on any atom is -0.382 e. The van der Waals surface area contributed by atoms with Crippen molar-refractivity contribution in [2.75, 3.05) is 80.3 Å². The number of rotatable bonds is 18. The van der Waals surface area contributed by atoms with Crippen molar-refractivity contribution in [1.29, 1.82) is 0 Å². The molecule has 0 aromatic rings. The van der Waals surface area contributed by atoms with Crippen LogP contribution in [-0.4, -0.2) is 80.3 Å². The van der Waals surface area contributed by atoms with Crippen molar-refractivity contribution in [3.8, 4) is 0 Å². The number of methoxy groups -OCH3 is 2. The van der Waals surface area contributed by atoms with Gasteiger partial charge in [-0.25, -0.2) is 0 Å². The molecule has 0 aliphatic carbocycles. The highest BCUT2D eigenvalue weighted by molar-refractivity contribution is 4.42. The molecule has 0 fully saturated rings. The van der Waals surface area contributed by atoms with E-state index in [-0.39, 0.29) is 0 Å². The van der Waals surface area contributed by atoms with Crippen LogP contribution in [0.15, 0.2) is 0 Å². The van der Waals surface area contributed by atoms with Gasteiger partial charge in [0.25, 0.3) is 0 Å². The van der Waals surface area contributed by atoms with E-state index in [0.29, 0.717) is 52.9 Å². The van der Waals surface area contributed by atoms with Gasteiger partial charge in [-0.15, -0.1) is 0 Å². The van der Waals surface area contributed by atoms with Gasteiger partial charge in [0.15, 0.2) is 0 Å². The van der Waals surface area contributed by atoms with Crippen molar-refractivity contribution in [3.05, 3.63) is 0 Å². The minimum absolute atomic E-state index is 0.631. The van der Waals surface area contributed by atoms with Gasteiger partial charge in [0.2, 0.25) is 0 Å². The van der Waals surface area contributed by atoms with Crippen LogP contribution in [0, 0.1) is 0 Å². The fourth-order valence-electron chi connectivity index (χ4n) is 1.51. The van der Waals surface area contributed by atoms with E-state index >= 15 is 0 Å². The summed E-state index contributed by atoms with van der Waals surface area (Å²) < 4.78 is 31.2. The first kappa shape index (κ1) is 20.8. The van der Waals surface area contributed by atoms with Gasteiger partial charge in [0, 0.05) is 27.4 Å². The smallest absolute Gasteiger partial charge is 0.0701 e. The van der Waals surface area contributed by atoms with Crippen molar-refractivity contribution in [2.24, 2.45) is 0 Å². The van der Waals surface area contributed by atoms with Gasteiger partial charge >= 0.3 is 0 Å². The van der Waals surface area contributed by atoms with Crippen molar-refractivity contribution in [2.45, 2.75) is 19.3 Å². The average molecular weight is 308 g/mol. The van der Waals surface area contributed by atoms with Gasteiger partial charge in [-0.2, -0.15) is 0 Å². The first-order valence-corrected chi connectivity index (χ1v) is 7.70. The Labute approximate surface area is 129 Å². The summed E-state index contributed by atoms with van der Waals surface area (Å²) in [7, 11) is 3.33. The average Bonchev–Trinajstić information content (AvgIpc) is 2.50. The number of ether oxygens (including phenoxy) is 6. The maximum absolute atomic E-state index is 5.46. The highest BCUT2D eigenvalue weighted by Gasteiger charge is 1.93. The molecule has 0 rings (SSSR count). The molecule has 0 aliphatic heterocycles. The Morgan fingerprint density at radius 3 is 1.10 bits per heavy atom. The molecule has 0 bridgehead atoms. The van der Waals surface area contributed by atoms with E-state index in [4.69, 9.17) is 28.4 Å². The second kappa shape index (κ2) is 19.8. The zero-order chi connectivity index (χ0) is 15.4. The first-order chi connectivity index (χ1) is 10.4. The molecule has 0 aromatic carbocycles. The summed E-state index contributed by atoms with van der Waals surface area (Å²) >= 11 is 0. The van der Waals surface area contributed by atoms with E-state index in [9.17, 15) is 0 Å². The molecular formula is C15H32O6. The molecular weight excluding hydrogens is 276 g/mol. The molecule has 0 saturated heterocycles. The van der Waals surface area contributed by atoms with E-state index in [1.165, 1.54) is 0 Å². The van der Waals surface area contributed by atoms with Crippen LogP contribution in [0.1, 0.15) is 19.3 Å². The molecule has 0 aromatic heterocycles. The summed E-state index contributed by atoms with van der Waals surface area (Å²) in [6.07, 6.45) is 3.24. The standard InChI is InChI=1S/C15H32O6/c1-16-8-10-20-14-12-18-6-4-3-5-7-19-13-15-21-11-9-17-2/h3-15H2,1-2H3. The molecule has 0 atom stereocenters. The van der Waals surface area contributed by atoms with Crippen LogP contribution in [0.2, 0.25) is 0 Å². The summed E-state index contributed by atoms with van der Waals surface area (Å²) in [5.74, 6) is 0. The van der Waals surface area contributed by atoms with Crippen LogP contribution in [0.25, 0.3) is 0 Å². The van der Waals surface area contributed by atoms with Gasteiger partial charge in [-0.3, -0.25) is 0 Å². The van der Waals surface area contributed by atoms with E-state index < -0.39 is 0 Å². The van der Waals surface area contributed by atoms with Gasteiger partial charge in [0.1, 0.15) is 0 Å². The van der Waals surface area contributed by atoms with E-state index in [2.05, 4.69) is 0 Å². The van der Waals surface area contributed by atoms with Crippen LogP contribution < -0.4 is 0 Å². The molecule has 0 radical (unpaired) electrons. The molecule has 0 unspecified atom stereocenters. The fraction of sp³-hybridized carbons (Fsp3) is 1.00. The third kappa shape index (κ3) is 19.8. The monoisotopic (exact) mass is 308 g/mol. The number of hydrogen-bond donors (Lipinski definition) is 0. The Morgan fingerprint density at radius 1 is 0.381 bits per heavy atom. The van der Waals surface area contributed by atoms with Crippen LogP contribution in [-0.2, 0) is 28.4 Å². The lowest BCUT2D eigenvalue weighted by atomic mass is 10.2. The number of unbranched alkanes of at least 4 members (excludes halogenated alkanes) is 2. The Kier molecular flexibility index (Phi) is 19.5. The molecule has 0 saturated carbocycles. The second-order valence-corrected chi connectivity index (χ2v) is 4.50. The summed E-state index contributed by atoms with van der Waals surface area (Å²) in [5, 5.41) is 0. The number of hydrogen-bond acceptors (Lipinski definition) is 6. The van der Waals surface area contributed by atoms with E-state index in [1.807, 2.05) is 0 Å². The summed E-state index contributed by atoms with van der Waals surface area (Å²) in [6, 6.07) is 0. The Hall–Kier alpha value is -0.240. The molecule has 0 N–H and O–H groups in total. The molecule has 0 amide bonds. The Balaban J connectivity index is 2.90. The van der Waals surface area contributed by atoms with Gasteiger partial charge < -0.3 is 28.4 Å². The molecule has 6 nitrogen and oxygen atoms in total. The molecule has 0 spiro atoms. The minimum atomic E-state index is 0.631. The maximum atomic E-state index is 5.46. The van der Waals surface area contributed by atoms with Crippen molar-refractivity contribution >= 4 is 0 Å². The third-order valence-corrected chi connectivity index (χ3v) is 2.68. The largest absolute Gasteiger partial charge is 0.382 e. The SMILES string of the molecule is COCCOCCOCCCCCOCCOCCOC. The topological polar surface area (TPSA) is 55.4 Å². The van der Waals surface area contributed by atoms with Crippen molar-refractivity contribution < 1.29 is 28.4 Å². The quantitative estimate of drug-likeness (QED) is 0.358. The first-order valence-electron chi connectivity index (χ1n) is 7.70. The molecule has 0 heterocycles. The molecule has 6 heteroatoms. The van der Waals surface area contributed by atoms with Gasteiger partial charge in [-0.1, -0.05) is 0 Å². The fourth-order valence-corrected chi connectivity index (χ4v) is 1.51. The van der Waals surface area contributed by atoms with Gasteiger partial charge in [-0.05, 0) is 19.3 Å². The van der Waals surface area contributed by atoms with Crippen LogP contribution >= 0.6 is 0 Å².